The number of aromatic nitrogens is 2. The second kappa shape index (κ2) is 4.51. The number of aliphatic hydroxyl groups excluding tert-OH is 1. The number of imidazole rings is 1. The van der Waals surface area contributed by atoms with Gasteiger partial charge in [0.25, 0.3) is 0 Å². The fraction of sp³-hybridized carbons (Fsp3) is 0.769. The highest BCUT2D eigenvalue weighted by Crippen LogP contribution is 2.47. The highest BCUT2D eigenvalue weighted by atomic mass is 19.4. The van der Waals surface area contributed by atoms with Crippen molar-refractivity contribution < 1.29 is 18.3 Å². The summed E-state index contributed by atoms with van der Waals surface area (Å²) in [6.45, 7) is 0. The van der Waals surface area contributed by atoms with Gasteiger partial charge in [0.15, 0.2) is 0 Å². The van der Waals surface area contributed by atoms with Gasteiger partial charge in [-0.2, -0.15) is 13.2 Å². The van der Waals surface area contributed by atoms with Crippen LogP contribution in [0.25, 0.3) is 0 Å². The van der Waals surface area contributed by atoms with E-state index in [0.29, 0.717) is 5.92 Å². The monoisotopic (exact) mass is 274 g/mol. The third-order valence-corrected chi connectivity index (χ3v) is 4.21. The van der Waals surface area contributed by atoms with Gasteiger partial charge in [0.05, 0.1) is 12.0 Å². The van der Waals surface area contributed by atoms with E-state index in [1.807, 2.05) is 0 Å². The van der Waals surface area contributed by atoms with Crippen LogP contribution < -0.4 is 0 Å². The average Bonchev–Trinajstić information content (AvgIpc) is 3.05. The minimum absolute atomic E-state index is 0.00236. The van der Waals surface area contributed by atoms with Crippen LogP contribution >= 0.6 is 0 Å². The topological polar surface area (TPSA) is 38.0 Å². The molecule has 3 atom stereocenters. The summed E-state index contributed by atoms with van der Waals surface area (Å²) < 4.78 is 41.1. The molecule has 0 saturated heterocycles. The molecule has 3 nitrogen and oxygen atoms in total. The van der Waals surface area contributed by atoms with Gasteiger partial charge in [-0.05, 0) is 32.1 Å². The van der Waals surface area contributed by atoms with Crippen LogP contribution in [0.15, 0.2) is 12.4 Å². The van der Waals surface area contributed by atoms with Crippen molar-refractivity contribution in [3.63, 3.8) is 0 Å². The van der Waals surface area contributed by atoms with E-state index in [-0.39, 0.29) is 19.3 Å². The summed E-state index contributed by atoms with van der Waals surface area (Å²) in [5, 5.41) is 9.71. The Hall–Kier alpha value is -1.04. The van der Waals surface area contributed by atoms with Crippen LogP contribution in [-0.4, -0.2) is 26.9 Å². The Bertz CT molecular complexity index is 453. The molecule has 19 heavy (non-hydrogen) atoms. The molecule has 1 N–H and O–H groups in total. The highest BCUT2D eigenvalue weighted by Gasteiger charge is 2.48. The van der Waals surface area contributed by atoms with Gasteiger partial charge < -0.3 is 9.67 Å². The summed E-state index contributed by atoms with van der Waals surface area (Å²) in [7, 11) is 0. The van der Waals surface area contributed by atoms with Gasteiger partial charge in [0.2, 0.25) is 0 Å². The third-order valence-electron chi connectivity index (χ3n) is 4.21. The molecule has 6 heteroatoms. The van der Waals surface area contributed by atoms with Crippen LogP contribution in [0.2, 0.25) is 0 Å². The Balaban J connectivity index is 1.91. The third kappa shape index (κ3) is 2.50. The molecule has 2 aliphatic carbocycles. The molecule has 0 spiro atoms. The maximum Gasteiger partial charge on any atom is 0.393 e. The molecule has 2 fully saturated rings. The second-order valence-electron chi connectivity index (χ2n) is 5.65. The van der Waals surface area contributed by atoms with E-state index in [9.17, 15) is 18.3 Å². The number of halogens is 3. The van der Waals surface area contributed by atoms with E-state index in [0.717, 1.165) is 18.7 Å². The van der Waals surface area contributed by atoms with Crippen LogP contribution in [0.4, 0.5) is 13.2 Å². The van der Waals surface area contributed by atoms with Crippen molar-refractivity contribution in [1.82, 2.24) is 9.55 Å². The maximum atomic E-state index is 13.1. The maximum absolute atomic E-state index is 13.1. The lowest BCUT2D eigenvalue weighted by Crippen LogP contribution is -2.38. The number of hydrogen-bond acceptors (Lipinski definition) is 2. The predicted molar refractivity (Wildman–Crippen MR) is 62.6 cm³/mol. The van der Waals surface area contributed by atoms with Gasteiger partial charge in [-0.25, -0.2) is 4.98 Å². The lowest BCUT2D eigenvalue weighted by atomic mass is 9.82. The standard InChI is InChI=1S/C13H17F3N2O/c14-13(15,16)10-4-3-9(19)7-11(10)18-6-5-17-12(18)8-1-2-8/h5-6,8-11,19H,1-4,7H2. The van der Waals surface area contributed by atoms with E-state index in [1.165, 1.54) is 0 Å². The smallest absolute Gasteiger partial charge is 0.393 e. The Morgan fingerprint density at radius 1 is 1.21 bits per heavy atom. The van der Waals surface area contributed by atoms with Gasteiger partial charge in [-0.1, -0.05) is 0 Å². The molecule has 1 heterocycles. The second-order valence-corrected chi connectivity index (χ2v) is 5.65. The minimum atomic E-state index is -4.21. The summed E-state index contributed by atoms with van der Waals surface area (Å²) in [6.07, 6.45) is 0.753. The minimum Gasteiger partial charge on any atom is -0.393 e. The van der Waals surface area contributed by atoms with E-state index >= 15 is 0 Å². The summed E-state index contributed by atoms with van der Waals surface area (Å²) in [5.74, 6) is -0.307. The Labute approximate surface area is 109 Å². The first-order valence-corrected chi connectivity index (χ1v) is 6.74. The molecule has 106 valence electrons. The normalized spacial score (nSPS) is 32.5. The number of alkyl halides is 3. The molecule has 0 bridgehead atoms. The zero-order valence-electron chi connectivity index (χ0n) is 10.5. The highest BCUT2D eigenvalue weighted by molar-refractivity contribution is 5.10. The summed E-state index contributed by atoms with van der Waals surface area (Å²) in [5.41, 5.74) is 0. The SMILES string of the molecule is OC1CCC(C(F)(F)F)C(n2ccnc2C2CC2)C1. The van der Waals surface area contributed by atoms with Crippen LogP contribution in [0.5, 0.6) is 0 Å². The molecule has 3 rings (SSSR count). The lowest BCUT2D eigenvalue weighted by Gasteiger charge is -2.36. The molecule has 1 aromatic heterocycles. The average molecular weight is 274 g/mol. The summed E-state index contributed by atoms with van der Waals surface area (Å²) in [6, 6.07) is -0.707. The van der Waals surface area contributed by atoms with E-state index in [2.05, 4.69) is 4.98 Å². The molecule has 0 radical (unpaired) electrons. The number of hydrogen-bond donors (Lipinski definition) is 1. The van der Waals surface area contributed by atoms with Gasteiger partial charge in [-0.3, -0.25) is 0 Å². The van der Waals surface area contributed by atoms with Crippen molar-refractivity contribution in [2.75, 3.05) is 0 Å². The van der Waals surface area contributed by atoms with E-state index in [4.69, 9.17) is 0 Å². The predicted octanol–water partition coefficient (Wildman–Crippen LogP) is 3.02. The molecule has 0 amide bonds. The van der Waals surface area contributed by atoms with Crippen LogP contribution in [0, 0.1) is 5.92 Å². The number of aliphatic hydroxyl groups is 1. The molecule has 1 aromatic rings. The van der Waals surface area contributed by atoms with Crippen LogP contribution in [0.1, 0.15) is 49.9 Å². The molecule has 2 aliphatic rings. The zero-order valence-corrected chi connectivity index (χ0v) is 10.5. The largest absolute Gasteiger partial charge is 0.393 e. The molecule has 3 unspecified atom stereocenters. The van der Waals surface area contributed by atoms with E-state index < -0.39 is 24.2 Å². The van der Waals surface area contributed by atoms with Gasteiger partial charge >= 0.3 is 6.18 Å². The molecular weight excluding hydrogens is 257 g/mol. The van der Waals surface area contributed by atoms with Gasteiger partial charge in [0, 0.05) is 24.4 Å². The fourth-order valence-electron chi connectivity index (χ4n) is 3.08. The lowest BCUT2D eigenvalue weighted by molar-refractivity contribution is -0.198. The fourth-order valence-corrected chi connectivity index (χ4v) is 3.08. The van der Waals surface area contributed by atoms with Crippen molar-refractivity contribution in [2.45, 2.75) is 56.3 Å². The number of nitrogens with zero attached hydrogens (tertiary/aromatic N) is 2. The molecule has 0 aliphatic heterocycles. The Morgan fingerprint density at radius 3 is 2.58 bits per heavy atom. The van der Waals surface area contributed by atoms with Crippen LogP contribution in [0.3, 0.4) is 0 Å². The quantitative estimate of drug-likeness (QED) is 0.900. The zero-order chi connectivity index (χ0) is 13.6. The molecular formula is C13H17F3N2O. The Morgan fingerprint density at radius 2 is 1.95 bits per heavy atom. The molecule has 2 saturated carbocycles. The Kier molecular flexibility index (Phi) is 3.08. The van der Waals surface area contributed by atoms with Crippen molar-refractivity contribution in [1.29, 1.82) is 0 Å². The van der Waals surface area contributed by atoms with Crippen LogP contribution in [-0.2, 0) is 0 Å². The van der Waals surface area contributed by atoms with Crippen molar-refractivity contribution in [2.24, 2.45) is 5.92 Å². The first-order valence-electron chi connectivity index (χ1n) is 6.74. The van der Waals surface area contributed by atoms with Crippen molar-refractivity contribution in [3.8, 4) is 0 Å². The first-order chi connectivity index (χ1) is 8.97. The van der Waals surface area contributed by atoms with E-state index in [1.54, 1.807) is 17.0 Å². The van der Waals surface area contributed by atoms with Crippen molar-refractivity contribution >= 4 is 0 Å². The number of rotatable bonds is 2. The first kappa shape index (κ1) is 13.0. The summed E-state index contributed by atoms with van der Waals surface area (Å²) in [4.78, 5) is 4.21. The molecule has 0 aromatic carbocycles. The van der Waals surface area contributed by atoms with Crippen molar-refractivity contribution in [3.05, 3.63) is 18.2 Å². The van der Waals surface area contributed by atoms with Gasteiger partial charge in [0.1, 0.15) is 5.82 Å². The summed E-state index contributed by atoms with van der Waals surface area (Å²) >= 11 is 0. The van der Waals surface area contributed by atoms with Gasteiger partial charge in [-0.15, -0.1) is 0 Å².